The number of rotatable bonds is 3. The van der Waals surface area contributed by atoms with Crippen molar-refractivity contribution in [2.75, 3.05) is 6.61 Å². The SMILES string of the molecule is Cc1cc([C@@]2(NCl)CCOc3cccnc32)ccc1OC(F)(F)F. The molecule has 128 valence electrons. The van der Waals surface area contributed by atoms with Gasteiger partial charge in [-0.3, -0.25) is 4.98 Å². The zero-order valence-corrected chi connectivity index (χ0v) is 13.4. The number of hydrogen-bond acceptors (Lipinski definition) is 4. The van der Waals surface area contributed by atoms with Crippen LogP contribution >= 0.6 is 11.8 Å². The third-order valence-electron chi connectivity index (χ3n) is 3.96. The number of aromatic nitrogens is 1. The lowest BCUT2D eigenvalue weighted by molar-refractivity contribution is -0.274. The predicted octanol–water partition coefficient (Wildman–Crippen LogP) is 4.06. The Morgan fingerprint density at radius 3 is 2.79 bits per heavy atom. The van der Waals surface area contributed by atoms with Gasteiger partial charge in [0.25, 0.3) is 0 Å². The Morgan fingerprint density at radius 1 is 1.33 bits per heavy atom. The number of aryl methyl sites for hydroxylation is 1. The molecule has 3 rings (SSSR count). The number of benzene rings is 1. The summed E-state index contributed by atoms with van der Waals surface area (Å²) in [5.74, 6) is 0.342. The number of alkyl halides is 3. The molecular weight excluding hydrogens is 345 g/mol. The molecule has 0 amide bonds. The van der Waals surface area contributed by atoms with Gasteiger partial charge >= 0.3 is 6.36 Å². The summed E-state index contributed by atoms with van der Waals surface area (Å²) in [5, 5.41) is 0. The van der Waals surface area contributed by atoms with Crippen LogP contribution in [-0.4, -0.2) is 18.0 Å². The van der Waals surface area contributed by atoms with Crippen LogP contribution in [0.25, 0.3) is 0 Å². The molecule has 1 N–H and O–H groups in total. The maximum absolute atomic E-state index is 12.4. The molecule has 2 aromatic rings. The summed E-state index contributed by atoms with van der Waals surface area (Å²) < 4.78 is 46.9. The van der Waals surface area contributed by atoms with E-state index in [0.717, 1.165) is 0 Å². The molecular formula is C16H14ClF3N2O2. The predicted molar refractivity (Wildman–Crippen MR) is 82.0 cm³/mol. The van der Waals surface area contributed by atoms with E-state index in [1.807, 2.05) is 0 Å². The minimum Gasteiger partial charge on any atom is -0.491 e. The second-order valence-electron chi connectivity index (χ2n) is 5.48. The number of nitrogens with one attached hydrogen (secondary N) is 1. The van der Waals surface area contributed by atoms with E-state index in [1.54, 1.807) is 37.4 Å². The highest BCUT2D eigenvalue weighted by Crippen LogP contribution is 2.42. The van der Waals surface area contributed by atoms with Crippen LogP contribution in [0.1, 0.15) is 23.2 Å². The van der Waals surface area contributed by atoms with Gasteiger partial charge in [0, 0.05) is 12.6 Å². The molecule has 1 aromatic heterocycles. The monoisotopic (exact) mass is 358 g/mol. The highest BCUT2D eigenvalue weighted by atomic mass is 35.5. The van der Waals surface area contributed by atoms with E-state index in [0.29, 0.717) is 35.6 Å². The summed E-state index contributed by atoms with van der Waals surface area (Å²) in [6.07, 6.45) is -2.63. The summed E-state index contributed by atoms with van der Waals surface area (Å²) in [6, 6.07) is 7.97. The van der Waals surface area contributed by atoms with Gasteiger partial charge in [-0.15, -0.1) is 13.2 Å². The zero-order chi connectivity index (χ0) is 17.4. The van der Waals surface area contributed by atoms with E-state index < -0.39 is 11.9 Å². The van der Waals surface area contributed by atoms with E-state index in [1.165, 1.54) is 6.07 Å². The van der Waals surface area contributed by atoms with Crippen molar-refractivity contribution in [2.24, 2.45) is 0 Å². The van der Waals surface area contributed by atoms with Crippen LogP contribution < -0.4 is 14.3 Å². The third kappa shape index (κ3) is 3.01. The molecule has 0 saturated heterocycles. The zero-order valence-electron chi connectivity index (χ0n) is 12.7. The smallest absolute Gasteiger partial charge is 0.491 e. The van der Waals surface area contributed by atoms with E-state index in [4.69, 9.17) is 16.5 Å². The quantitative estimate of drug-likeness (QED) is 0.840. The van der Waals surface area contributed by atoms with Crippen molar-refractivity contribution in [3.8, 4) is 11.5 Å². The van der Waals surface area contributed by atoms with Gasteiger partial charge in [-0.1, -0.05) is 12.1 Å². The number of halogens is 4. The van der Waals surface area contributed by atoms with Gasteiger partial charge in [0.05, 0.1) is 6.61 Å². The van der Waals surface area contributed by atoms with Crippen LogP contribution in [0, 0.1) is 6.92 Å². The molecule has 2 heterocycles. The van der Waals surface area contributed by atoms with Gasteiger partial charge in [0.1, 0.15) is 22.7 Å². The molecule has 1 aliphatic rings. The number of nitrogens with zero attached hydrogens (tertiary/aromatic N) is 1. The fourth-order valence-corrected chi connectivity index (χ4v) is 3.13. The second-order valence-corrected chi connectivity index (χ2v) is 5.67. The number of hydrogen-bond donors (Lipinski definition) is 1. The van der Waals surface area contributed by atoms with Crippen molar-refractivity contribution >= 4 is 11.8 Å². The molecule has 4 nitrogen and oxygen atoms in total. The maximum atomic E-state index is 12.4. The highest BCUT2D eigenvalue weighted by molar-refractivity contribution is 6.14. The number of ether oxygens (including phenoxy) is 2. The lowest BCUT2D eigenvalue weighted by atomic mass is 9.82. The van der Waals surface area contributed by atoms with Crippen molar-refractivity contribution in [3.05, 3.63) is 53.3 Å². The Bertz CT molecular complexity index is 754. The first kappa shape index (κ1) is 16.9. The van der Waals surface area contributed by atoms with Gasteiger partial charge in [-0.2, -0.15) is 0 Å². The van der Waals surface area contributed by atoms with Crippen molar-refractivity contribution in [3.63, 3.8) is 0 Å². The normalized spacial score (nSPS) is 20.2. The summed E-state index contributed by atoms with van der Waals surface area (Å²) in [7, 11) is 0. The van der Waals surface area contributed by atoms with E-state index in [9.17, 15) is 13.2 Å². The van der Waals surface area contributed by atoms with E-state index >= 15 is 0 Å². The van der Waals surface area contributed by atoms with Crippen molar-refractivity contribution < 1.29 is 22.6 Å². The molecule has 0 fully saturated rings. The average Bonchev–Trinajstić information content (AvgIpc) is 2.55. The highest BCUT2D eigenvalue weighted by Gasteiger charge is 2.41. The molecule has 0 saturated carbocycles. The molecule has 0 unspecified atom stereocenters. The van der Waals surface area contributed by atoms with Crippen LogP contribution in [0.2, 0.25) is 0 Å². The largest absolute Gasteiger partial charge is 0.573 e. The van der Waals surface area contributed by atoms with Crippen LogP contribution in [0.15, 0.2) is 36.5 Å². The Morgan fingerprint density at radius 2 is 2.12 bits per heavy atom. The van der Waals surface area contributed by atoms with E-state index in [2.05, 4.69) is 14.6 Å². The Balaban J connectivity index is 2.06. The minimum atomic E-state index is -4.73. The van der Waals surface area contributed by atoms with Gasteiger partial charge in [0.15, 0.2) is 0 Å². The average molecular weight is 359 g/mol. The van der Waals surface area contributed by atoms with Crippen molar-refractivity contribution in [2.45, 2.75) is 25.2 Å². The Labute approximate surface area is 141 Å². The van der Waals surface area contributed by atoms with Crippen LogP contribution in [0.3, 0.4) is 0 Å². The summed E-state index contributed by atoms with van der Waals surface area (Å²) in [4.78, 5) is 7.10. The van der Waals surface area contributed by atoms with Gasteiger partial charge in [-0.05, 0) is 48.0 Å². The van der Waals surface area contributed by atoms with Crippen LogP contribution in [0.4, 0.5) is 13.2 Å². The molecule has 1 aromatic carbocycles. The van der Waals surface area contributed by atoms with Crippen molar-refractivity contribution in [1.82, 2.24) is 9.82 Å². The molecule has 24 heavy (non-hydrogen) atoms. The summed E-state index contributed by atoms with van der Waals surface area (Å²) in [6.45, 7) is 1.95. The first-order valence-corrected chi connectivity index (χ1v) is 7.56. The molecule has 0 aliphatic carbocycles. The Kier molecular flexibility index (Phi) is 4.31. The Hall–Kier alpha value is -1.99. The topological polar surface area (TPSA) is 43.4 Å². The lowest BCUT2D eigenvalue weighted by Crippen LogP contribution is -2.43. The lowest BCUT2D eigenvalue weighted by Gasteiger charge is -2.37. The third-order valence-corrected chi connectivity index (χ3v) is 4.29. The van der Waals surface area contributed by atoms with Crippen LogP contribution in [-0.2, 0) is 5.54 Å². The maximum Gasteiger partial charge on any atom is 0.573 e. The minimum absolute atomic E-state index is 0.246. The summed E-state index contributed by atoms with van der Waals surface area (Å²) in [5.41, 5.74) is 0.778. The van der Waals surface area contributed by atoms with Crippen LogP contribution in [0.5, 0.6) is 11.5 Å². The first-order chi connectivity index (χ1) is 11.4. The molecule has 0 radical (unpaired) electrons. The van der Waals surface area contributed by atoms with Gasteiger partial charge in [0.2, 0.25) is 0 Å². The molecule has 1 aliphatic heterocycles. The fourth-order valence-electron chi connectivity index (χ4n) is 2.84. The van der Waals surface area contributed by atoms with Gasteiger partial charge in [-0.25, -0.2) is 4.84 Å². The number of fused-ring (bicyclic) bond motifs is 1. The second kappa shape index (κ2) is 6.14. The first-order valence-electron chi connectivity index (χ1n) is 7.19. The van der Waals surface area contributed by atoms with E-state index in [-0.39, 0.29) is 5.75 Å². The standard InChI is InChI=1S/C16H14ClF3N2O2/c1-10-9-11(4-5-12(10)24-16(18,19)20)15(22-17)6-8-23-13-3-2-7-21-14(13)15/h2-5,7,9,22H,6,8H2,1H3/t15-/m0/s1. The molecule has 8 heteroatoms. The fraction of sp³-hybridized carbons (Fsp3) is 0.312. The summed E-state index contributed by atoms with van der Waals surface area (Å²) >= 11 is 6.04. The molecule has 0 bridgehead atoms. The van der Waals surface area contributed by atoms with Crippen molar-refractivity contribution in [1.29, 1.82) is 0 Å². The molecule has 1 atom stereocenters. The molecule has 0 spiro atoms. The number of pyridine rings is 1. The van der Waals surface area contributed by atoms with Gasteiger partial charge < -0.3 is 9.47 Å².